The van der Waals surface area contributed by atoms with E-state index in [4.69, 9.17) is 5.73 Å². The molecule has 0 aromatic heterocycles. The molecule has 2 saturated heterocycles. The van der Waals surface area contributed by atoms with E-state index in [1.807, 2.05) is 4.90 Å². The van der Waals surface area contributed by atoms with Crippen LogP contribution in [0.5, 0.6) is 0 Å². The molecular formula is C13H23N3O2. The van der Waals surface area contributed by atoms with Crippen LogP contribution in [-0.4, -0.2) is 42.4 Å². The minimum atomic E-state index is -0.176. The van der Waals surface area contributed by atoms with Crippen molar-refractivity contribution in [3.63, 3.8) is 0 Å². The Morgan fingerprint density at radius 2 is 2.33 bits per heavy atom. The Hall–Kier alpha value is -1.10. The molecule has 2 rings (SSSR count). The van der Waals surface area contributed by atoms with Crippen LogP contribution in [0.15, 0.2) is 0 Å². The number of carbonyl (C=O) groups is 2. The van der Waals surface area contributed by atoms with Crippen molar-refractivity contribution in [1.82, 2.24) is 10.2 Å². The number of amides is 2. The van der Waals surface area contributed by atoms with Gasteiger partial charge in [-0.3, -0.25) is 9.59 Å². The molecule has 0 spiro atoms. The summed E-state index contributed by atoms with van der Waals surface area (Å²) in [5.74, 6) is 0.607. The Morgan fingerprint density at radius 1 is 1.56 bits per heavy atom. The van der Waals surface area contributed by atoms with E-state index in [-0.39, 0.29) is 23.8 Å². The number of nitrogens with two attached hydrogens (primary N) is 1. The van der Waals surface area contributed by atoms with Gasteiger partial charge in [-0.1, -0.05) is 13.3 Å². The maximum Gasteiger partial charge on any atom is 0.228 e. The fourth-order valence-electron chi connectivity index (χ4n) is 3.03. The summed E-state index contributed by atoms with van der Waals surface area (Å²) < 4.78 is 0. The predicted octanol–water partition coefficient (Wildman–Crippen LogP) is 0.0984. The van der Waals surface area contributed by atoms with Gasteiger partial charge in [-0.05, 0) is 18.8 Å². The zero-order valence-electron chi connectivity index (χ0n) is 11.0. The summed E-state index contributed by atoms with van der Waals surface area (Å²) in [5.41, 5.74) is 5.80. The molecule has 2 aliphatic heterocycles. The highest BCUT2D eigenvalue weighted by atomic mass is 16.2. The Kier molecular flexibility index (Phi) is 4.22. The van der Waals surface area contributed by atoms with E-state index >= 15 is 0 Å². The molecule has 3 unspecified atom stereocenters. The maximum atomic E-state index is 12.4. The molecule has 0 aromatic rings. The van der Waals surface area contributed by atoms with Crippen LogP contribution in [0, 0.1) is 11.8 Å². The van der Waals surface area contributed by atoms with Gasteiger partial charge in [0.15, 0.2) is 0 Å². The molecular weight excluding hydrogens is 230 g/mol. The minimum Gasteiger partial charge on any atom is -0.355 e. The van der Waals surface area contributed by atoms with Crippen molar-refractivity contribution < 1.29 is 9.59 Å². The van der Waals surface area contributed by atoms with E-state index in [0.717, 1.165) is 25.8 Å². The first-order chi connectivity index (χ1) is 8.65. The standard InChI is InChI=1S/C13H23N3O2/c1-2-9-3-4-16(11(5-9)7-14)13(18)10-6-12(17)15-8-10/h9-11H,2-8,14H2,1H3,(H,15,17). The van der Waals surface area contributed by atoms with Crippen LogP contribution < -0.4 is 11.1 Å². The second kappa shape index (κ2) is 5.69. The number of nitrogens with one attached hydrogen (secondary N) is 1. The average molecular weight is 253 g/mol. The molecule has 5 nitrogen and oxygen atoms in total. The van der Waals surface area contributed by atoms with Crippen molar-refractivity contribution in [3.8, 4) is 0 Å². The number of likely N-dealkylation sites (tertiary alicyclic amines) is 1. The van der Waals surface area contributed by atoms with Crippen LogP contribution in [0.1, 0.15) is 32.6 Å². The molecule has 3 atom stereocenters. The van der Waals surface area contributed by atoms with Gasteiger partial charge in [0, 0.05) is 32.1 Å². The normalized spacial score (nSPS) is 32.4. The molecule has 5 heteroatoms. The van der Waals surface area contributed by atoms with Crippen LogP contribution in [0.25, 0.3) is 0 Å². The third-order valence-electron chi connectivity index (χ3n) is 4.28. The number of carbonyl (C=O) groups excluding carboxylic acids is 2. The second-order valence-electron chi connectivity index (χ2n) is 5.42. The number of hydrogen-bond acceptors (Lipinski definition) is 3. The van der Waals surface area contributed by atoms with Crippen LogP contribution in [0.3, 0.4) is 0 Å². The monoisotopic (exact) mass is 253 g/mol. The van der Waals surface area contributed by atoms with Crippen molar-refractivity contribution in [2.45, 2.75) is 38.6 Å². The molecule has 18 heavy (non-hydrogen) atoms. The molecule has 0 aromatic carbocycles. The largest absolute Gasteiger partial charge is 0.355 e. The molecule has 2 fully saturated rings. The van der Waals surface area contributed by atoms with E-state index in [1.165, 1.54) is 0 Å². The van der Waals surface area contributed by atoms with Gasteiger partial charge in [0.05, 0.1) is 5.92 Å². The summed E-state index contributed by atoms with van der Waals surface area (Å²) in [6.45, 7) is 4.00. The van der Waals surface area contributed by atoms with Crippen molar-refractivity contribution >= 4 is 11.8 Å². The summed E-state index contributed by atoms with van der Waals surface area (Å²) in [6.07, 6.45) is 3.56. The number of rotatable bonds is 3. The van der Waals surface area contributed by atoms with Gasteiger partial charge in [-0.2, -0.15) is 0 Å². The minimum absolute atomic E-state index is 0.0129. The van der Waals surface area contributed by atoms with Crippen LogP contribution in [0.2, 0.25) is 0 Å². The van der Waals surface area contributed by atoms with Crippen molar-refractivity contribution in [2.75, 3.05) is 19.6 Å². The fraction of sp³-hybridized carbons (Fsp3) is 0.846. The zero-order valence-corrected chi connectivity index (χ0v) is 11.0. The van der Waals surface area contributed by atoms with E-state index in [0.29, 0.717) is 25.4 Å². The molecule has 0 saturated carbocycles. The quantitative estimate of drug-likeness (QED) is 0.749. The highest BCUT2D eigenvalue weighted by Crippen LogP contribution is 2.27. The first-order valence-electron chi connectivity index (χ1n) is 6.93. The van der Waals surface area contributed by atoms with Gasteiger partial charge >= 0.3 is 0 Å². The van der Waals surface area contributed by atoms with Crippen LogP contribution in [-0.2, 0) is 9.59 Å². The van der Waals surface area contributed by atoms with Gasteiger partial charge < -0.3 is 16.0 Å². The second-order valence-corrected chi connectivity index (χ2v) is 5.42. The summed E-state index contributed by atoms with van der Waals surface area (Å²) in [5, 5.41) is 2.72. The highest BCUT2D eigenvalue weighted by molar-refractivity contribution is 5.89. The summed E-state index contributed by atoms with van der Waals surface area (Å²) in [7, 11) is 0. The topological polar surface area (TPSA) is 75.4 Å². The van der Waals surface area contributed by atoms with Crippen molar-refractivity contribution in [3.05, 3.63) is 0 Å². The lowest BCUT2D eigenvalue weighted by atomic mass is 9.88. The molecule has 2 aliphatic rings. The van der Waals surface area contributed by atoms with Gasteiger partial charge in [-0.15, -0.1) is 0 Å². The smallest absolute Gasteiger partial charge is 0.228 e. The predicted molar refractivity (Wildman–Crippen MR) is 68.7 cm³/mol. The average Bonchev–Trinajstić information content (AvgIpc) is 2.83. The maximum absolute atomic E-state index is 12.4. The van der Waals surface area contributed by atoms with E-state index in [2.05, 4.69) is 12.2 Å². The lowest BCUT2D eigenvalue weighted by Gasteiger charge is -2.40. The van der Waals surface area contributed by atoms with Crippen LogP contribution in [0.4, 0.5) is 0 Å². The molecule has 102 valence electrons. The highest BCUT2D eigenvalue weighted by Gasteiger charge is 2.36. The molecule has 2 amide bonds. The lowest BCUT2D eigenvalue weighted by molar-refractivity contribution is -0.140. The molecule has 0 bridgehead atoms. The summed E-state index contributed by atoms with van der Waals surface area (Å²) in [6, 6.07) is 0.159. The van der Waals surface area contributed by atoms with Crippen molar-refractivity contribution in [2.24, 2.45) is 17.6 Å². The van der Waals surface area contributed by atoms with Crippen LogP contribution >= 0.6 is 0 Å². The first kappa shape index (κ1) is 13.3. The Labute approximate surface area is 108 Å². The molecule has 2 heterocycles. The first-order valence-corrected chi connectivity index (χ1v) is 6.93. The lowest BCUT2D eigenvalue weighted by Crippen LogP contribution is -2.51. The van der Waals surface area contributed by atoms with E-state index < -0.39 is 0 Å². The Bertz CT molecular complexity index is 332. The van der Waals surface area contributed by atoms with Gasteiger partial charge in [0.1, 0.15) is 0 Å². The number of nitrogens with zero attached hydrogens (tertiary/aromatic N) is 1. The summed E-state index contributed by atoms with van der Waals surface area (Å²) >= 11 is 0. The molecule has 0 aliphatic carbocycles. The van der Waals surface area contributed by atoms with E-state index in [1.54, 1.807) is 0 Å². The molecule has 0 radical (unpaired) electrons. The molecule has 3 N–H and O–H groups in total. The van der Waals surface area contributed by atoms with E-state index in [9.17, 15) is 9.59 Å². The zero-order chi connectivity index (χ0) is 13.1. The van der Waals surface area contributed by atoms with Crippen molar-refractivity contribution in [1.29, 1.82) is 0 Å². The van der Waals surface area contributed by atoms with Gasteiger partial charge in [-0.25, -0.2) is 0 Å². The third kappa shape index (κ3) is 2.66. The Balaban J connectivity index is 1.98. The number of hydrogen-bond donors (Lipinski definition) is 2. The Morgan fingerprint density at radius 3 is 2.89 bits per heavy atom. The third-order valence-corrected chi connectivity index (χ3v) is 4.28. The van der Waals surface area contributed by atoms with Gasteiger partial charge in [0.25, 0.3) is 0 Å². The fourth-order valence-corrected chi connectivity index (χ4v) is 3.03. The number of piperidine rings is 1. The van der Waals surface area contributed by atoms with Gasteiger partial charge in [0.2, 0.25) is 11.8 Å². The SMILES string of the molecule is CCC1CCN(C(=O)C2CNC(=O)C2)C(CN)C1. The summed E-state index contributed by atoms with van der Waals surface area (Å²) in [4.78, 5) is 25.5.